The Morgan fingerprint density at radius 2 is 1.84 bits per heavy atom. The van der Waals surface area contributed by atoms with Crippen LogP contribution in [0.25, 0.3) is 0 Å². The third-order valence-electron chi connectivity index (χ3n) is 6.11. The minimum absolute atomic E-state index is 0.0765. The Kier molecular flexibility index (Phi) is 5.50. The second kappa shape index (κ2) is 7.74. The van der Waals surface area contributed by atoms with Gasteiger partial charge in [0.1, 0.15) is 5.69 Å². The zero-order chi connectivity index (χ0) is 22.6. The minimum atomic E-state index is -3.52. The number of fused-ring (bicyclic) bond motifs is 1. The van der Waals surface area contributed by atoms with Gasteiger partial charge in [-0.05, 0) is 69.9 Å². The van der Waals surface area contributed by atoms with Crippen LogP contribution in [-0.2, 0) is 22.0 Å². The first-order valence-corrected chi connectivity index (χ1v) is 12.6. The molecule has 0 unspecified atom stereocenters. The largest absolute Gasteiger partial charge is 0.306 e. The summed E-state index contributed by atoms with van der Waals surface area (Å²) in [6.45, 7) is 11.2. The molecule has 1 amide bonds. The molecule has 4 rings (SSSR count). The molecule has 1 aliphatic carbocycles. The number of sulfonamides is 1. The molecule has 31 heavy (non-hydrogen) atoms. The highest BCUT2D eigenvalue weighted by Gasteiger charge is 2.35. The number of carbonyl (C=O) groups is 1. The van der Waals surface area contributed by atoms with E-state index in [1.807, 2.05) is 24.6 Å². The average Bonchev–Trinajstić information content (AvgIpc) is 3.31. The molecular formula is C23H32N4O3S. The quantitative estimate of drug-likeness (QED) is 0.680. The van der Waals surface area contributed by atoms with Crippen molar-refractivity contribution in [1.29, 1.82) is 0 Å². The van der Waals surface area contributed by atoms with E-state index in [0.29, 0.717) is 42.6 Å². The van der Waals surface area contributed by atoms with E-state index in [1.54, 1.807) is 23.1 Å². The number of rotatable bonds is 6. The summed E-state index contributed by atoms with van der Waals surface area (Å²) < 4.78 is 29.1. The van der Waals surface area contributed by atoms with Gasteiger partial charge in [-0.25, -0.2) is 8.42 Å². The van der Waals surface area contributed by atoms with Gasteiger partial charge in [0.25, 0.3) is 5.91 Å². The number of anilines is 1. The molecule has 1 aliphatic heterocycles. The lowest BCUT2D eigenvalue weighted by Crippen LogP contribution is -2.35. The van der Waals surface area contributed by atoms with Crippen molar-refractivity contribution in [1.82, 2.24) is 14.1 Å². The molecule has 1 fully saturated rings. The summed E-state index contributed by atoms with van der Waals surface area (Å²) in [6.07, 6.45) is 2.90. The topological polar surface area (TPSA) is 75.5 Å². The van der Waals surface area contributed by atoms with Gasteiger partial charge in [0.05, 0.1) is 16.1 Å². The van der Waals surface area contributed by atoms with Crippen LogP contribution >= 0.6 is 0 Å². The van der Waals surface area contributed by atoms with Crippen LogP contribution in [0.1, 0.15) is 75.1 Å². The highest BCUT2D eigenvalue weighted by molar-refractivity contribution is 7.89. The molecule has 0 radical (unpaired) electrons. The summed E-state index contributed by atoms with van der Waals surface area (Å²) in [5.74, 6) is 0.390. The van der Waals surface area contributed by atoms with Crippen molar-refractivity contribution in [3.05, 3.63) is 41.2 Å². The van der Waals surface area contributed by atoms with Crippen LogP contribution in [0.2, 0.25) is 0 Å². The molecule has 0 atom stereocenters. The zero-order valence-corrected chi connectivity index (χ0v) is 19.9. The summed E-state index contributed by atoms with van der Waals surface area (Å²) >= 11 is 0. The molecule has 2 aromatic rings. The molecule has 7 nitrogen and oxygen atoms in total. The monoisotopic (exact) mass is 444 g/mol. The van der Waals surface area contributed by atoms with Gasteiger partial charge in [-0.15, -0.1) is 0 Å². The molecule has 2 heterocycles. The lowest BCUT2D eigenvalue weighted by molar-refractivity contribution is 0.0971. The van der Waals surface area contributed by atoms with Gasteiger partial charge in [0.2, 0.25) is 10.0 Å². The highest BCUT2D eigenvalue weighted by Crippen LogP contribution is 2.40. The van der Waals surface area contributed by atoms with Crippen LogP contribution in [0.3, 0.4) is 0 Å². The van der Waals surface area contributed by atoms with E-state index in [9.17, 15) is 13.2 Å². The first-order valence-electron chi connectivity index (χ1n) is 11.1. The maximum Gasteiger partial charge on any atom is 0.276 e. The third kappa shape index (κ3) is 3.91. The first kappa shape index (κ1) is 22.0. The van der Waals surface area contributed by atoms with Crippen LogP contribution < -0.4 is 4.90 Å². The molecule has 0 bridgehead atoms. The number of nitrogens with zero attached hydrogens (tertiary/aromatic N) is 4. The van der Waals surface area contributed by atoms with Gasteiger partial charge < -0.3 is 4.90 Å². The van der Waals surface area contributed by atoms with E-state index in [2.05, 4.69) is 20.8 Å². The van der Waals surface area contributed by atoms with Crippen molar-refractivity contribution in [2.45, 2.75) is 70.2 Å². The maximum absolute atomic E-state index is 13.6. The fourth-order valence-corrected chi connectivity index (χ4v) is 5.75. The molecule has 0 spiro atoms. The Hall–Kier alpha value is -2.19. The zero-order valence-electron chi connectivity index (χ0n) is 19.1. The molecule has 2 aliphatic rings. The van der Waals surface area contributed by atoms with Crippen LogP contribution in [0, 0.1) is 0 Å². The smallest absolute Gasteiger partial charge is 0.276 e. The van der Waals surface area contributed by atoms with E-state index in [0.717, 1.165) is 29.8 Å². The Morgan fingerprint density at radius 1 is 1.16 bits per heavy atom. The minimum Gasteiger partial charge on any atom is -0.306 e. The second-order valence-corrected chi connectivity index (χ2v) is 11.3. The van der Waals surface area contributed by atoms with Crippen molar-refractivity contribution in [3.63, 3.8) is 0 Å². The molecule has 1 aromatic heterocycles. The van der Waals surface area contributed by atoms with Gasteiger partial charge in [0, 0.05) is 31.2 Å². The van der Waals surface area contributed by atoms with Crippen LogP contribution in [-0.4, -0.2) is 48.0 Å². The number of amides is 1. The summed E-state index contributed by atoms with van der Waals surface area (Å²) in [5.41, 5.74) is 2.98. The fraction of sp³-hybridized carbons (Fsp3) is 0.565. The summed E-state index contributed by atoms with van der Waals surface area (Å²) in [4.78, 5) is 15.6. The second-order valence-electron chi connectivity index (χ2n) is 9.40. The number of benzene rings is 1. The van der Waals surface area contributed by atoms with Crippen molar-refractivity contribution in [2.75, 3.05) is 24.5 Å². The Labute approximate surface area is 185 Å². The standard InChI is InChI=1S/C23H32N4O3S/c1-6-25(7-2)31(29,30)18-10-11-20-17(14-18)12-13-26(20)22(28)21-15-19(16-8-9-16)24-27(21)23(3,4)5/h10-11,14-16H,6-9,12-13H2,1-5H3. The predicted molar refractivity (Wildman–Crippen MR) is 121 cm³/mol. The average molecular weight is 445 g/mol. The van der Waals surface area contributed by atoms with E-state index in [4.69, 9.17) is 5.10 Å². The van der Waals surface area contributed by atoms with Gasteiger partial charge in [0.15, 0.2) is 0 Å². The molecule has 168 valence electrons. The lowest BCUT2D eigenvalue weighted by Gasteiger charge is -2.24. The van der Waals surface area contributed by atoms with Crippen LogP contribution in [0.15, 0.2) is 29.2 Å². The van der Waals surface area contributed by atoms with Gasteiger partial charge in [-0.3, -0.25) is 9.48 Å². The van der Waals surface area contributed by atoms with Crippen molar-refractivity contribution >= 4 is 21.6 Å². The van der Waals surface area contributed by atoms with Crippen molar-refractivity contribution < 1.29 is 13.2 Å². The van der Waals surface area contributed by atoms with E-state index < -0.39 is 10.0 Å². The van der Waals surface area contributed by atoms with Crippen LogP contribution in [0.4, 0.5) is 5.69 Å². The predicted octanol–water partition coefficient (Wildman–Crippen LogP) is 3.75. The van der Waals surface area contributed by atoms with Crippen molar-refractivity contribution in [2.24, 2.45) is 0 Å². The fourth-order valence-electron chi connectivity index (χ4n) is 4.24. The molecule has 0 saturated heterocycles. The van der Waals surface area contributed by atoms with Crippen LogP contribution in [0.5, 0.6) is 0 Å². The lowest BCUT2D eigenvalue weighted by atomic mass is 10.1. The number of aromatic nitrogens is 2. The highest BCUT2D eigenvalue weighted by atomic mass is 32.2. The van der Waals surface area contributed by atoms with E-state index in [1.165, 1.54) is 4.31 Å². The summed E-state index contributed by atoms with van der Waals surface area (Å²) in [5, 5.41) is 4.76. The van der Waals surface area contributed by atoms with Gasteiger partial charge in [-0.2, -0.15) is 9.40 Å². The summed E-state index contributed by atoms with van der Waals surface area (Å²) in [6, 6.07) is 7.07. The Bertz CT molecular complexity index is 1110. The third-order valence-corrected chi connectivity index (χ3v) is 8.16. The summed E-state index contributed by atoms with van der Waals surface area (Å²) in [7, 11) is -3.52. The molecule has 1 aromatic carbocycles. The molecule has 1 saturated carbocycles. The SMILES string of the molecule is CCN(CC)S(=O)(=O)c1ccc2c(c1)CCN2C(=O)c1cc(C2CC2)nn1C(C)(C)C. The van der Waals surface area contributed by atoms with E-state index in [-0.39, 0.29) is 11.4 Å². The van der Waals surface area contributed by atoms with Gasteiger partial charge >= 0.3 is 0 Å². The van der Waals surface area contributed by atoms with E-state index >= 15 is 0 Å². The number of hydrogen-bond donors (Lipinski definition) is 0. The normalized spacial score (nSPS) is 16.8. The Balaban J connectivity index is 1.67. The molecule has 0 N–H and O–H groups in total. The number of carbonyl (C=O) groups excluding carboxylic acids is 1. The van der Waals surface area contributed by atoms with Gasteiger partial charge in [-0.1, -0.05) is 13.8 Å². The maximum atomic E-state index is 13.6. The first-order chi connectivity index (χ1) is 14.6. The number of hydrogen-bond acceptors (Lipinski definition) is 4. The van der Waals surface area contributed by atoms with Crippen molar-refractivity contribution in [3.8, 4) is 0 Å². The molecular weight excluding hydrogens is 412 g/mol. The molecule has 8 heteroatoms. The Morgan fingerprint density at radius 3 is 2.42 bits per heavy atom.